The maximum absolute atomic E-state index is 16.5. The number of esters is 1. The lowest BCUT2D eigenvalue weighted by atomic mass is 9.84. The lowest BCUT2D eigenvalue weighted by Crippen LogP contribution is -2.63. The zero-order valence-electron chi connectivity index (χ0n) is 43.8. The van der Waals surface area contributed by atoms with Gasteiger partial charge in [0.2, 0.25) is 11.8 Å². The standard InChI is InChI=1S/C54H68F3N9O8S/c1-9-43(67)64-15-12-53(55,13-16-64)51(71)62(7)45(31(2)3)48(68)60-40-24-42-59-41(28-75-42)33-21-34-25-54(56,57)29-65-46(34)36(22-33)38(26-52(5,6)30-74-50(70)39-11-10-14-66(61-39)49(40)69)47(65)37-23-35(63-17-19-73-20-18-63)27-58-44(37)32(4)72-8/h9,21-23,27-28,31-32,39-40,45,61H,1,10-20,24-26,29-30H2,2-8H3,(H,60,68)/t32-,39-,40-,45-/m0/s1. The van der Waals surface area contributed by atoms with Crippen molar-refractivity contribution in [2.75, 3.05) is 71.6 Å². The molecule has 1 aromatic carbocycles. The summed E-state index contributed by atoms with van der Waals surface area (Å²) in [6.45, 7) is 14.6. The molecule has 9 rings (SSSR count). The number of nitrogens with one attached hydrogen (secondary N) is 2. The van der Waals surface area contributed by atoms with E-state index >= 15 is 13.2 Å². The van der Waals surface area contributed by atoms with Crippen LogP contribution in [0.1, 0.15) is 88.2 Å². The number of hydrogen-bond donors (Lipinski definition) is 2. The summed E-state index contributed by atoms with van der Waals surface area (Å²) in [7, 11) is 2.95. The number of cyclic esters (lactones) is 1. The first-order chi connectivity index (χ1) is 35.6. The maximum atomic E-state index is 16.5. The predicted octanol–water partition coefficient (Wildman–Crippen LogP) is 6.21. The SMILES string of the molecule is C=CC(=O)N1CCC(F)(C(=O)N(C)[C@H](C(=O)N[C@H]2Cc3nc(cs3)-c3cc4c5c(c3)c(c(-c3cc(N6CCOCC6)cnc3[C@H](C)OC)n5CC(F)(F)C4)CC(C)(C)COC(=O)[C@@H]3CCCN(N3)C2=O)C(C)C)CC1. The lowest BCUT2D eigenvalue weighted by molar-refractivity contribution is -0.156. The third kappa shape index (κ3) is 10.9. The van der Waals surface area contributed by atoms with Gasteiger partial charge in [0.25, 0.3) is 17.7 Å². The molecule has 0 radical (unpaired) electrons. The van der Waals surface area contributed by atoms with Gasteiger partial charge in [0.1, 0.15) is 18.1 Å². The number of carbonyl (C=O) groups excluding carboxylic acids is 5. The van der Waals surface area contributed by atoms with Crippen LogP contribution in [-0.4, -0.2) is 155 Å². The fourth-order valence-corrected chi connectivity index (χ4v) is 12.2. The molecule has 2 N–H and O–H groups in total. The first-order valence-corrected chi connectivity index (χ1v) is 26.8. The van der Waals surface area contributed by atoms with Crippen molar-refractivity contribution in [3.05, 3.63) is 64.3 Å². The molecule has 404 valence electrons. The molecule has 8 heterocycles. The van der Waals surface area contributed by atoms with Crippen LogP contribution in [0.25, 0.3) is 33.4 Å². The minimum atomic E-state index is -3.15. The fourth-order valence-electron chi connectivity index (χ4n) is 11.4. The van der Waals surface area contributed by atoms with Crippen LogP contribution in [0.15, 0.2) is 42.4 Å². The first kappa shape index (κ1) is 53.9. The summed E-state index contributed by atoms with van der Waals surface area (Å²) >= 11 is 1.24. The minimum Gasteiger partial charge on any atom is -0.464 e. The number of ether oxygens (including phenoxy) is 3. The van der Waals surface area contributed by atoms with Crippen LogP contribution in [-0.2, 0) is 64.0 Å². The number of rotatable bonds is 10. The number of piperidine rings is 1. The summed E-state index contributed by atoms with van der Waals surface area (Å²) in [4.78, 5) is 84.3. The van der Waals surface area contributed by atoms with Crippen molar-refractivity contribution in [1.29, 1.82) is 0 Å². The van der Waals surface area contributed by atoms with Crippen molar-refractivity contribution in [2.24, 2.45) is 11.3 Å². The van der Waals surface area contributed by atoms with E-state index in [0.717, 1.165) is 27.6 Å². The number of hydrazine groups is 1. The molecule has 3 fully saturated rings. The van der Waals surface area contributed by atoms with Gasteiger partial charge in [-0.1, -0.05) is 34.3 Å². The number of thiazole rings is 1. The van der Waals surface area contributed by atoms with Crippen molar-refractivity contribution in [1.82, 2.24) is 40.1 Å². The van der Waals surface area contributed by atoms with Crippen LogP contribution < -0.4 is 15.6 Å². The molecular weight excluding hydrogens is 992 g/mol. The van der Waals surface area contributed by atoms with Gasteiger partial charge in [0, 0.05) is 99.9 Å². The predicted molar refractivity (Wildman–Crippen MR) is 277 cm³/mol. The number of pyridine rings is 1. The molecule has 4 amide bonds. The molecule has 4 atom stereocenters. The molecule has 3 aromatic heterocycles. The van der Waals surface area contributed by atoms with Crippen LogP contribution in [0.5, 0.6) is 0 Å². The molecule has 4 aromatic rings. The van der Waals surface area contributed by atoms with E-state index in [1.807, 2.05) is 32.9 Å². The molecule has 0 spiro atoms. The summed E-state index contributed by atoms with van der Waals surface area (Å²) in [6.07, 6.45) is 2.34. The summed E-state index contributed by atoms with van der Waals surface area (Å²) in [5.41, 5.74) is 5.53. The first-order valence-electron chi connectivity index (χ1n) is 25.9. The Morgan fingerprint density at radius 1 is 1.04 bits per heavy atom. The summed E-state index contributed by atoms with van der Waals surface area (Å²) < 4.78 is 68.8. The quantitative estimate of drug-likeness (QED) is 0.136. The highest BCUT2D eigenvalue weighted by Crippen LogP contribution is 2.48. The third-order valence-corrected chi connectivity index (χ3v) is 16.2. The van der Waals surface area contributed by atoms with Crippen LogP contribution in [0.2, 0.25) is 0 Å². The number of methoxy groups -OCH3 is 1. The Balaban J connectivity index is 1.13. The number of alkyl halides is 3. The number of anilines is 1. The van der Waals surface area contributed by atoms with Gasteiger partial charge >= 0.3 is 5.97 Å². The molecule has 0 unspecified atom stereocenters. The van der Waals surface area contributed by atoms with Crippen LogP contribution in [0, 0.1) is 11.3 Å². The minimum absolute atomic E-state index is 0.00542. The van der Waals surface area contributed by atoms with Gasteiger partial charge in [0.15, 0.2) is 5.67 Å². The monoisotopic (exact) mass is 1060 g/mol. The van der Waals surface area contributed by atoms with Gasteiger partial charge < -0.3 is 38.8 Å². The van der Waals surface area contributed by atoms with Crippen molar-refractivity contribution in [2.45, 2.75) is 122 Å². The average Bonchev–Trinajstić information content (AvgIpc) is 3.98. The van der Waals surface area contributed by atoms with Crippen LogP contribution >= 0.6 is 11.3 Å². The fraction of sp³-hybridized carbons (Fsp3) is 0.574. The van der Waals surface area contributed by atoms with Gasteiger partial charge in [-0.25, -0.2) is 23.6 Å². The third-order valence-electron chi connectivity index (χ3n) is 15.4. The molecule has 3 saturated heterocycles. The van der Waals surface area contributed by atoms with Gasteiger partial charge in [0.05, 0.1) is 72.0 Å². The normalized spacial score (nSPS) is 22.5. The van der Waals surface area contributed by atoms with Crippen molar-refractivity contribution in [3.8, 4) is 22.5 Å². The molecular formula is C54H68F3N9O8S. The Bertz CT molecular complexity index is 2870. The molecule has 75 heavy (non-hydrogen) atoms. The van der Waals surface area contributed by atoms with Crippen molar-refractivity contribution < 1.29 is 51.4 Å². The van der Waals surface area contributed by atoms with E-state index in [0.29, 0.717) is 89.9 Å². The smallest absolute Gasteiger partial charge is 0.324 e. The number of amides is 4. The number of nitrogens with zero attached hydrogens (tertiary/aromatic N) is 7. The highest BCUT2D eigenvalue weighted by molar-refractivity contribution is 7.10. The summed E-state index contributed by atoms with van der Waals surface area (Å²) in [5.74, 6) is -6.82. The van der Waals surface area contributed by atoms with Gasteiger partial charge in [-0.2, -0.15) is 0 Å². The van der Waals surface area contributed by atoms with E-state index in [1.165, 1.54) is 28.3 Å². The molecule has 6 bridgehead atoms. The Kier molecular flexibility index (Phi) is 15.3. The number of morpholine rings is 1. The molecule has 5 aliphatic rings. The van der Waals surface area contributed by atoms with Crippen LogP contribution in [0.3, 0.4) is 0 Å². The average molecular weight is 1060 g/mol. The number of aromatic nitrogens is 3. The Morgan fingerprint density at radius 2 is 1.77 bits per heavy atom. The highest BCUT2D eigenvalue weighted by Gasteiger charge is 2.48. The van der Waals surface area contributed by atoms with E-state index in [9.17, 15) is 24.0 Å². The zero-order chi connectivity index (χ0) is 53.7. The van der Waals surface area contributed by atoms with Crippen molar-refractivity contribution >= 4 is 57.5 Å². The number of hydrogen-bond acceptors (Lipinski definition) is 13. The summed E-state index contributed by atoms with van der Waals surface area (Å²) in [6, 6.07) is 2.32. The Hall–Kier alpha value is -5.90. The van der Waals surface area contributed by atoms with E-state index in [-0.39, 0.29) is 51.4 Å². The van der Waals surface area contributed by atoms with Gasteiger partial charge in [-0.3, -0.25) is 34.0 Å². The summed E-state index contributed by atoms with van der Waals surface area (Å²) in [5, 5.41) is 7.18. The molecule has 17 nitrogen and oxygen atoms in total. The van der Waals surface area contributed by atoms with Gasteiger partial charge in [-0.05, 0) is 67.5 Å². The largest absolute Gasteiger partial charge is 0.464 e. The van der Waals surface area contributed by atoms with Crippen molar-refractivity contribution in [3.63, 3.8) is 0 Å². The number of likely N-dealkylation sites (N-methyl/N-ethyl adjacent to an activating group) is 1. The molecule has 5 aliphatic heterocycles. The highest BCUT2D eigenvalue weighted by atomic mass is 32.1. The number of halogens is 3. The second-order valence-corrected chi connectivity index (χ2v) is 22.8. The Labute approximate surface area is 439 Å². The van der Waals surface area contributed by atoms with Gasteiger partial charge in [-0.15, -0.1) is 11.3 Å². The molecule has 0 saturated carbocycles. The topological polar surface area (TPSA) is 181 Å². The Morgan fingerprint density at radius 3 is 2.47 bits per heavy atom. The molecule has 21 heteroatoms. The number of benzene rings is 1. The van der Waals surface area contributed by atoms with Crippen LogP contribution in [0.4, 0.5) is 18.9 Å². The van der Waals surface area contributed by atoms with E-state index in [2.05, 4.69) is 22.2 Å². The number of fused-ring (bicyclic) bond motifs is 6. The van der Waals surface area contributed by atoms with E-state index in [4.69, 9.17) is 24.2 Å². The zero-order valence-corrected chi connectivity index (χ0v) is 44.6. The number of carbonyl (C=O) groups is 5. The second-order valence-electron chi connectivity index (χ2n) is 21.8. The second kappa shape index (κ2) is 21.3. The number of likely N-dealkylation sites (tertiary alicyclic amines) is 1. The maximum Gasteiger partial charge on any atom is 0.324 e. The molecule has 0 aliphatic carbocycles. The van der Waals surface area contributed by atoms with E-state index in [1.54, 1.807) is 43.2 Å². The van der Waals surface area contributed by atoms with E-state index < -0.39 is 83.8 Å². The lowest BCUT2D eigenvalue weighted by Gasteiger charge is -2.40.